The Labute approximate surface area is 161 Å². The first kappa shape index (κ1) is 18.9. The maximum absolute atomic E-state index is 12.6. The monoisotopic (exact) mass is 438 g/mol. The number of fused-ring (bicyclic) bond motifs is 1. The molecule has 0 aromatic heterocycles. The maximum Gasteiger partial charge on any atom is 0.251 e. The van der Waals surface area contributed by atoms with Gasteiger partial charge in [0.1, 0.15) is 5.75 Å². The van der Waals surface area contributed by atoms with Crippen LogP contribution in [0.5, 0.6) is 5.75 Å². The quantitative estimate of drug-likeness (QED) is 0.767. The van der Waals surface area contributed by atoms with Crippen molar-refractivity contribution in [1.82, 2.24) is 9.62 Å². The molecule has 0 aliphatic heterocycles. The number of phenolic OH excluding ortho intramolecular Hbond substituents is 1. The molecule has 0 spiro atoms. The van der Waals surface area contributed by atoms with Gasteiger partial charge in [-0.1, -0.05) is 12.1 Å². The molecular weight excluding hydrogens is 420 g/mol. The predicted octanol–water partition coefficient (Wildman–Crippen LogP) is 2.82. The molecule has 138 valence electrons. The van der Waals surface area contributed by atoms with E-state index in [9.17, 15) is 18.3 Å². The van der Waals surface area contributed by atoms with E-state index in [-0.39, 0.29) is 22.6 Å². The van der Waals surface area contributed by atoms with E-state index in [2.05, 4.69) is 21.2 Å². The molecule has 0 radical (unpaired) electrons. The fourth-order valence-corrected chi connectivity index (χ4v) is 5.01. The van der Waals surface area contributed by atoms with E-state index >= 15 is 0 Å². The number of sulfonamides is 1. The van der Waals surface area contributed by atoms with Gasteiger partial charge in [-0.25, -0.2) is 12.7 Å². The van der Waals surface area contributed by atoms with Crippen LogP contribution in [0.4, 0.5) is 0 Å². The number of rotatable bonds is 4. The number of nitrogens with zero attached hydrogens (tertiary/aromatic N) is 1. The molecule has 0 bridgehead atoms. The Morgan fingerprint density at radius 1 is 1.27 bits per heavy atom. The highest BCUT2D eigenvalue weighted by molar-refractivity contribution is 9.10. The summed E-state index contributed by atoms with van der Waals surface area (Å²) in [5.41, 5.74) is 2.15. The fourth-order valence-electron chi connectivity index (χ4n) is 3.07. The predicted molar refractivity (Wildman–Crippen MR) is 102 cm³/mol. The molecule has 0 saturated carbocycles. The van der Waals surface area contributed by atoms with Gasteiger partial charge in [-0.3, -0.25) is 4.79 Å². The maximum atomic E-state index is 12.6. The van der Waals surface area contributed by atoms with Crippen LogP contribution >= 0.6 is 15.9 Å². The van der Waals surface area contributed by atoms with Gasteiger partial charge in [0.2, 0.25) is 10.0 Å². The molecule has 1 amide bonds. The van der Waals surface area contributed by atoms with Gasteiger partial charge in [-0.05, 0) is 64.2 Å². The van der Waals surface area contributed by atoms with Crippen molar-refractivity contribution in [3.05, 3.63) is 57.6 Å². The lowest BCUT2D eigenvalue weighted by atomic mass is 10.1. The molecule has 6 nitrogen and oxygen atoms in total. The topological polar surface area (TPSA) is 86.7 Å². The Hall–Kier alpha value is -1.90. The Morgan fingerprint density at radius 3 is 2.65 bits per heavy atom. The summed E-state index contributed by atoms with van der Waals surface area (Å²) >= 11 is 3.25. The van der Waals surface area contributed by atoms with E-state index in [1.807, 2.05) is 6.07 Å². The molecule has 3 rings (SSSR count). The van der Waals surface area contributed by atoms with E-state index in [4.69, 9.17) is 0 Å². The van der Waals surface area contributed by atoms with Crippen LogP contribution in [0.1, 0.15) is 33.9 Å². The van der Waals surface area contributed by atoms with Crippen LogP contribution in [0.25, 0.3) is 0 Å². The SMILES string of the molecule is CN(C)S(=O)(=O)c1ccc(C(=O)NC2CCc3c(O)cccc32)cc1Br. The van der Waals surface area contributed by atoms with Gasteiger partial charge in [0.05, 0.1) is 10.9 Å². The number of nitrogens with one attached hydrogen (secondary N) is 1. The van der Waals surface area contributed by atoms with Crippen LogP contribution in [0.15, 0.2) is 45.8 Å². The van der Waals surface area contributed by atoms with Crippen molar-refractivity contribution in [3.63, 3.8) is 0 Å². The number of halogens is 1. The summed E-state index contributed by atoms with van der Waals surface area (Å²) in [6.07, 6.45) is 1.42. The van der Waals surface area contributed by atoms with Crippen molar-refractivity contribution in [2.45, 2.75) is 23.8 Å². The van der Waals surface area contributed by atoms with E-state index < -0.39 is 10.0 Å². The minimum Gasteiger partial charge on any atom is -0.508 e. The van der Waals surface area contributed by atoms with Crippen molar-refractivity contribution in [2.75, 3.05) is 14.1 Å². The number of amides is 1. The molecule has 2 N–H and O–H groups in total. The molecule has 2 aromatic carbocycles. The van der Waals surface area contributed by atoms with E-state index in [0.29, 0.717) is 22.9 Å². The summed E-state index contributed by atoms with van der Waals surface area (Å²) < 4.78 is 26.0. The van der Waals surface area contributed by atoms with Crippen LogP contribution in [-0.4, -0.2) is 37.8 Å². The second-order valence-electron chi connectivity index (χ2n) is 6.34. The largest absolute Gasteiger partial charge is 0.508 e. The first-order valence-corrected chi connectivity index (χ1v) is 10.3. The minimum atomic E-state index is -3.59. The van der Waals surface area contributed by atoms with Crippen molar-refractivity contribution >= 4 is 31.9 Å². The summed E-state index contributed by atoms with van der Waals surface area (Å²) in [5, 5.41) is 12.9. The zero-order valence-corrected chi connectivity index (χ0v) is 16.8. The van der Waals surface area contributed by atoms with Gasteiger partial charge >= 0.3 is 0 Å². The van der Waals surface area contributed by atoms with Gasteiger partial charge in [0, 0.05) is 24.1 Å². The van der Waals surface area contributed by atoms with Crippen LogP contribution < -0.4 is 5.32 Å². The van der Waals surface area contributed by atoms with E-state index in [1.54, 1.807) is 12.1 Å². The standard InChI is InChI=1S/C18H19BrN2O4S/c1-21(2)26(24,25)17-9-6-11(10-14(17)19)18(23)20-15-8-7-13-12(15)4-3-5-16(13)22/h3-6,9-10,15,22H,7-8H2,1-2H3,(H,20,23). The second-order valence-corrected chi connectivity index (χ2v) is 9.32. The summed E-state index contributed by atoms with van der Waals surface area (Å²) in [6, 6.07) is 9.55. The fraction of sp³-hybridized carbons (Fsp3) is 0.278. The zero-order valence-electron chi connectivity index (χ0n) is 14.4. The molecule has 0 heterocycles. The lowest BCUT2D eigenvalue weighted by Crippen LogP contribution is -2.27. The number of phenols is 1. The Morgan fingerprint density at radius 2 is 2.00 bits per heavy atom. The molecular formula is C18H19BrN2O4S. The average molecular weight is 439 g/mol. The van der Waals surface area contributed by atoms with Crippen molar-refractivity contribution < 1.29 is 18.3 Å². The van der Waals surface area contributed by atoms with E-state index in [0.717, 1.165) is 15.4 Å². The van der Waals surface area contributed by atoms with Gasteiger partial charge < -0.3 is 10.4 Å². The minimum absolute atomic E-state index is 0.107. The molecule has 26 heavy (non-hydrogen) atoms. The molecule has 0 saturated heterocycles. The highest BCUT2D eigenvalue weighted by Gasteiger charge is 2.27. The zero-order chi connectivity index (χ0) is 19.1. The van der Waals surface area contributed by atoms with Crippen molar-refractivity contribution in [2.24, 2.45) is 0 Å². The molecule has 8 heteroatoms. The van der Waals surface area contributed by atoms with Gasteiger partial charge in [0.25, 0.3) is 5.91 Å². The van der Waals surface area contributed by atoms with Crippen LogP contribution in [0, 0.1) is 0 Å². The van der Waals surface area contributed by atoms with Gasteiger partial charge in [-0.15, -0.1) is 0 Å². The average Bonchev–Trinajstić information content (AvgIpc) is 2.98. The highest BCUT2D eigenvalue weighted by Crippen LogP contribution is 2.36. The highest BCUT2D eigenvalue weighted by atomic mass is 79.9. The first-order valence-electron chi connectivity index (χ1n) is 8.05. The third-order valence-corrected chi connectivity index (χ3v) is 7.30. The summed E-state index contributed by atoms with van der Waals surface area (Å²) in [7, 11) is -0.683. The first-order chi connectivity index (χ1) is 12.2. The number of carbonyl (C=O) groups excluding carboxylic acids is 1. The Balaban J connectivity index is 1.83. The number of carbonyl (C=O) groups is 1. The molecule has 1 aliphatic rings. The number of aromatic hydroxyl groups is 1. The molecule has 2 aromatic rings. The van der Waals surface area contributed by atoms with Crippen LogP contribution in [-0.2, 0) is 16.4 Å². The summed E-state index contributed by atoms with van der Waals surface area (Å²) in [6.45, 7) is 0. The van der Waals surface area contributed by atoms with Crippen LogP contribution in [0.2, 0.25) is 0 Å². The van der Waals surface area contributed by atoms with Gasteiger partial charge in [0.15, 0.2) is 0 Å². The third-order valence-electron chi connectivity index (χ3n) is 4.50. The smallest absolute Gasteiger partial charge is 0.251 e. The lowest BCUT2D eigenvalue weighted by molar-refractivity contribution is 0.0936. The van der Waals surface area contributed by atoms with Gasteiger partial charge in [-0.2, -0.15) is 0 Å². The molecule has 1 unspecified atom stereocenters. The Kier molecular flexibility index (Phi) is 5.09. The van der Waals surface area contributed by atoms with Crippen molar-refractivity contribution in [3.8, 4) is 5.75 Å². The van der Waals surface area contributed by atoms with Crippen molar-refractivity contribution in [1.29, 1.82) is 0 Å². The molecule has 0 fully saturated rings. The second kappa shape index (κ2) is 7.02. The summed E-state index contributed by atoms with van der Waals surface area (Å²) in [4.78, 5) is 12.7. The van der Waals surface area contributed by atoms with E-state index in [1.165, 1.54) is 32.3 Å². The molecule has 1 aliphatic carbocycles. The Bertz CT molecular complexity index is 973. The lowest BCUT2D eigenvalue weighted by Gasteiger charge is -2.16. The normalized spacial score (nSPS) is 16.5. The number of benzene rings is 2. The molecule has 1 atom stereocenters. The third kappa shape index (κ3) is 3.36. The van der Waals surface area contributed by atoms with Crippen LogP contribution in [0.3, 0.4) is 0 Å². The number of hydrogen-bond donors (Lipinski definition) is 2. The number of hydrogen-bond acceptors (Lipinski definition) is 4. The summed E-state index contributed by atoms with van der Waals surface area (Å²) in [5.74, 6) is -0.0408.